The van der Waals surface area contributed by atoms with Gasteiger partial charge < -0.3 is 0 Å². The Morgan fingerprint density at radius 2 is 2.00 bits per heavy atom. The molecule has 1 aliphatic heterocycles. The zero-order valence-corrected chi connectivity index (χ0v) is 15.6. The van der Waals surface area contributed by atoms with Crippen LogP contribution in [0.25, 0.3) is 0 Å². The van der Waals surface area contributed by atoms with Gasteiger partial charge in [0.15, 0.2) is 0 Å². The lowest BCUT2D eigenvalue weighted by Crippen LogP contribution is -2.40. The molecule has 0 aromatic carbocycles. The Labute approximate surface area is 142 Å². The summed E-state index contributed by atoms with van der Waals surface area (Å²) in [6.45, 7) is 10.2. The first-order valence-electron chi connectivity index (χ1n) is 8.05. The molecular weight excluding hydrogens is 328 g/mol. The van der Waals surface area contributed by atoms with Crippen LogP contribution in [-0.2, 0) is 28.5 Å². The SMILES string of the molecule is Cc1nn(C(C)(C)C)c(C)c1S(=O)(=O)NC1CCn2ncnc2C1. The number of hydrogen-bond acceptors (Lipinski definition) is 5. The first-order chi connectivity index (χ1) is 11.1. The Bertz CT molecular complexity index is 859. The average Bonchev–Trinajstić information content (AvgIpc) is 3.01. The number of rotatable bonds is 3. The van der Waals surface area contributed by atoms with E-state index in [0.717, 1.165) is 5.82 Å². The van der Waals surface area contributed by atoms with Gasteiger partial charge in [0.2, 0.25) is 10.0 Å². The van der Waals surface area contributed by atoms with E-state index >= 15 is 0 Å². The van der Waals surface area contributed by atoms with Crippen molar-refractivity contribution in [1.82, 2.24) is 29.3 Å². The van der Waals surface area contributed by atoms with E-state index in [2.05, 4.69) is 19.9 Å². The lowest BCUT2D eigenvalue weighted by atomic mass is 10.1. The molecule has 3 rings (SSSR count). The molecule has 132 valence electrons. The Morgan fingerprint density at radius 1 is 1.29 bits per heavy atom. The molecule has 0 radical (unpaired) electrons. The molecular formula is C15H24N6O2S. The summed E-state index contributed by atoms with van der Waals surface area (Å²) in [6, 6.07) is -0.177. The molecule has 24 heavy (non-hydrogen) atoms. The Hall–Kier alpha value is -1.74. The highest BCUT2D eigenvalue weighted by molar-refractivity contribution is 7.89. The molecule has 2 aromatic heterocycles. The fraction of sp³-hybridized carbons (Fsp3) is 0.667. The maximum atomic E-state index is 12.9. The van der Waals surface area contributed by atoms with Crippen LogP contribution in [0, 0.1) is 13.8 Å². The van der Waals surface area contributed by atoms with Gasteiger partial charge in [-0.1, -0.05) is 0 Å². The summed E-state index contributed by atoms with van der Waals surface area (Å²) in [5.41, 5.74) is 0.907. The summed E-state index contributed by atoms with van der Waals surface area (Å²) < 4.78 is 32.3. The summed E-state index contributed by atoms with van der Waals surface area (Å²) in [7, 11) is -3.64. The molecule has 0 bridgehead atoms. The average molecular weight is 352 g/mol. The van der Waals surface area contributed by atoms with Gasteiger partial charge in [0.25, 0.3) is 0 Å². The van der Waals surface area contributed by atoms with Gasteiger partial charge in [-0.15, -0.1) is 0 Å². The number of nitrogens with zero attached hydrogens (tertiary/aromatic N) is 5. The fourth-order valence-electron chi connectivity index (χ4n) is 3.28. The second kappa shape index (κ2) is 5.66. The summed E-state index contributed by atoms with van der Waals surface area (Å²) >= 11 is 0. The smallest absolute Gasteiger partial charge is 0.244 e. The lowest BCUT2D eigenvalue weighted by molar-refractivity contribution is 0.345. The highest BCUT2D eigenvalue weighted by atomic mass is 32.2. The van der Waals surface area contributed by atoms with E-state index in [-0.39, 0.29) is 16.5 Å². The standard InChI is InChI=1S/C15H24N6O2S/c1-10-14(11(2)21(18-10)15(3,4)5)24(22,23)19-12-6-7-20-13(8-12)16-9-17-20/h9,12,19H,6-8H2,1-5H3. The topological polar surface area (TPSA) is 94.7 Å². The highest BCUT2D eigenvalue weighted by Crippen LogP contribution is 2.25. The van der Waals surface area contributed by atoms with Gasteiger partial charge in [0.05, 0.1) is 16.9 Å². The predicted octanol–water partition coefficient (Wildman–Crippen LogP) is 1.14. The first kappa shape index (κ1) is 17.1. The maximum absolute atomic E-state index is 12.9. The van der Waals surface area contributed by atoms with Crippen molar-refractivity contribution in [3.05, 3.63) is 23.5 Å². The van der Waals surface area contributed by atoms with Crippen LogP contribution in [0.3, 0.4) is 0 Å². The van der Waals surface area contributed by atoms with Crippen molar-refractivity contribution in [2.24, 2.45) is 0 Å². The molecule has 0 spiro atoms. The molecule has 9 heteroatoms. The largest absolute Gasteiger partial charge is 0.263 e. The summed E-state index contributed by atoms with van der Waals surface area (Å²) in [6.07, 6.45) is 2.75. The third kappa shape index (κ3) is 2.98. The summed E-state index contributed by atoms with van der Waals surface area (Å²) in [4.78, 5) is 4.46. The molecule has 1 aliphatic rings. The van der Waals surface area contributed by atoms with Crippen LogP contribution >= 0.6 is 0 Å². The fourth-order valence-corrected chi connectivity index (χ4v) is 4.95. The van der Waals surface area contributed by atoms with Crippen LogP contribution < -0.4 is 4.72 Å². The van der Waals surface area contributed by atoms with Gasteiger partial charge in [0, 0.05) is 19.0 Å². The minimum absolute atomic E-state index is 0.177. The Morgan fingerprint density at radius 3 is 2.62 bits per heavy atom. The molecule has 1 N–H and O–H groups in total. The second-order valence-electron chi connectivity index (χ2n) is 7.29. The molecule has 2 aromatic rings. The van der Waals surface area contributed by atoms with Crippen LogP contribution in [0.4, 0.5) is 0 Å². The quantitative estimate of drug-likeness (QED) is 0.894. The van der Waals surface area contributed by atoms with Crippen LogP contribution in [0.1, 0.15) is 44.4 Å². The minimum Gasteiger partial charge on any atom is -0.263 e. The maximum Gasteiger partial charge on any atom is 0.244 e. The molecule has 3 heterocycles. The van der Waals surface area contributed by atoms with E-state index < -0.39 is 10.0 Å². The Kier molecular flexibility index (Phi) is 4.03. The number of sulfonamides is 1. The van der Waals surface area contributed by atoms with Crippen molar-refractivity contribution >= 4 is 10.0 Å². The van der Waals surface area contributed by atoms with Crippen molar-refractivity contribution < 1.29 is 8.42 Å². The molecule has 0 saturated carbocycles. The molecule has 1 atom stereocenters. The minimum atomic E-state index is -3.64. The van der Waals surface area contributed by atoms with Crippen molar-refractivity contribution in [1.29, 1.82) is 0 Å². The van der Waals surface area contributed by atoms with Gasteiger partial charge in [0.1, 0.15) is 17.0 Å². The number of hydrogen-bond donors (Lipinski definition) is 1. The van der Waals surface area contributed by atoms with E-state index in [1.807, 2.05) is 25.5 Å². The van der Waals surface area contributed by atoms with Crippen LogP contribution in [0.15, 0.2) is 11.2 Å². The van der Waals surface area contributed by atoms with Gasteiger partial charge in [-0.25, -0.2) is 22.8 Å². The van der Waals surface area contributed by atoms with Crippen molar-refractivity contribution in [2.75, 3.05) is 0 Å². The number of nitrogens with one attached hydrogen (secondary N) is 1. The molecule has 0 fully saturated rings. The Balaban J connectivity index is 1.88. The third-order valence-electron chi connectivity index (χ3n) is 4.26. The second-order valence-corrected chi connectivity index (χ2v) is 8.94. The number of aromatic nitrogens is 5. The lowest BCUT2D eigenvalue weighted by Gasteiger charge is -2.24. The molecule has 0 aliphatic carbocycles. The number of aryl methyl sites for hydroxylation is 2. The predicted molar refractivity (Wildman–Crippen MR) is 89.1 cm³/mol. The van der Waals surface area contributed by atoms with Gasteiger partial charge in [-0.3, -0.25) is 4.68 Å². The molecule has 0 amide bonds. The zero-order chi connectivity index (χ0) is 17.7. The van der Waals surface area contributed by atoms with Crippen LogP contribution in [-0.4, -0.2) is 39.0 Å². The van der Waals surface area contributed by atoms with Gasteiger partial charge in [-0.2, -0.15) is 10.2 Å². The van der Waals surface area contributed by atoms with Crippen LogP contribution in [0.5, 0.6) is 0 Å². The van der Waals surface area contributed by atoms with E-state index in [1.54, 1.807) is 18.5 Å². The monoisotopic (exact) mass is 352 g/mol. The highest BCUT2D eigenvalue weighted by Gasteiger charge is 2.31. The van der Waals surface area contributed by atoms with E-state index in [0.29, 0.717) is 30.8 Å². The van der Waals surface area contributed by atoms with Crippen molar-refractivity contribution in [3.63, 3.8) is 0 Å². The van der Waals surface area contributed by atoms with E-state index in [1.165, 1.54) is 6.33 Å². The summed E-state index contributed by atoms with van der Waals surface area (Å²) in [5.74, 6) is 0.813. The molecule has 1 unspecified atom stereocenters. The van der Waals surface area contributed by atoms with Crippen molar-refractivity contribution in [2.45, 2.75) is 70.5 Å². The van der Waals surface area contributed by atoms with Crippen LogP contribution in [0.2, 0.25) is 0 Å². The zero-order valence-electron chi connectivity index (χ0n) is 14.7. The normalized spacial score (nSPS) is 18.6. The van der Waals surface area contributed by atoms with Gasteiger partial charge >= 0.3 is 0 Å². The third-order valence-corrected chi connectivity index (χ3v) is 6.04. The van der Waals surface area contributed by atoms with Gasteiger partial charge in [-0.05, 0) is 41.0 Å². The van der Waals surface area contributed by atoms with Crippen molar-refractivity contribution in [3.8, 4) is 0 Å². The van der Waals surface area contributed by atoms with E-state index in [4.69, 9.17) is 0 Å². The molecule has 0 saturated heterocycles. The summed E-state index contributed by atoms with van der Waals surface area (Å²) in [5, 5.41) is 8.56. The first-order valence-corrected chi connectivity index (χ1v) is 9.53. The molecule has 8 nitrogen and oxygen atoms in total. The van der Waals surface area contributed by atoms with E-state index in [9.17, 15) is 8.42 Å². The number of fused-ring (bicyclic) bond motifs is 1.